The van der Waals surface area contributed by atoms with E-state index < -0.39 is 5.54 Å². The smallest absolute Gasteiger partial charge is 0.242 e. The molecule has 0 saturated heterocycles. The van der Waals surface area contributed by atoms with Crippen LogP contribution in [0.2, 0.25) is 0 Å². The number of furan rings is 1. The Balaban J connectivity index is 1.99. The molecule has 17 heavy (non-hydrogen) atoms. The number of nitrogens with zero attached hydrogens (tertiary/aromatic N) is 1. The highest BCUT2D eigenvalue weighted by Gasteiger charge is 2.45. The molecule has 4 heteroatoms. The van der Waals surface area contributed by atoms with Crippen LogP contribution < -0.4 is 5.73 Å². The molecule has 1 saturated carbocycles. The maximum atomic E-state index is 12.2. The van der Waals surface area contributed by atoms with E-state index in [1.165, 1.54) is 0 Å². The highest BCUT2D eigenvalue weighted by molar-refractivity contribution is 5.86. The lowest BCUT2D eigenvalue weighted by Crippen LogP contribution is -2.53. The van der Waals surface area contributed by atoms with Crippen molar-refractivity contribution >= 4 is 5.91 Å². The molecule has 1 aromatic heterocycles. The summed E-state index contributed by atoms with van der Waals surface area (Å²) in [6.07, 6.45) is 2.12. The van der Waals surface area contributed by atoms with Crippen LogP contribution in [0.15, 0.2) is 16.5 Å². The summed E-state index contributed by atoms with van der Waals surface area (Å²) in [5.74, 6) is 1.99. The minimum atomic E-state index is -0.726. The second-order valence-corrected chi connectivity index (χ2v) is 5.23. The Labute approximate surface area is 102 Å². The van der Waals surface area contributed by atoms with Crippen molar-refractivity contribution in [3.8, 4) is 0 Å². The van der Waals surface area contributed by atoms with Gasteiger partial charge < -0.3 is 15.1 Å². The zero-order chi connectivity index (χ0) is 12.6. The second-order valence-electron chi connectivity index (χ2n) is 5.23. The third-order valence-electron chi connectivity index (χ3n) is 3.42. The van der Waals surface area contributed by atoms with Crippen molar-refractivity contribution in [1.29, 1.82) is 0 Å². The normalized spacial score (nSPS) is 18.8. The molecule has 1 atom stereocenters. The molecule has 1 amide bonds. The van der Waals surface area contributed by atoms with Gasteiger partial charge in [-0.25, -0.2) is 0 Å². The summed E-state index contributed by atoms with van der Waals surface area (Å²) < 4.78 is 5.46. The van der Waals surface area contributed by atoms with Gasteiger partial charge >= 0.3 is 0 Å². The van der Waals surface area contributed by atoms with Crippen LogP contribution in [0.4, 0.5) is 0 Å². The zero-order valence-corrected chi connectivity index (χ0v) is 10.7. The molecule has 0 bridgehead atoms. The lowest BCUT2D eigenvalue weighted by atomic mass is 9.95. The highest BCUT2D eigenvalue weighted by Crippen LogP contribution is 2.38. The van der Waals surface area contributed by atoms with E-state index in [2.05, 4.69) is 0 Å². The van der Waals surface area contributed by atoms with E-state index >= 15 is 0 Å². The van der Waals surface area contributed by atoms with Crippen LogP contribution >= 0.6 is 0 Å². The fraction of sp³-hybridized carbons (Fsp3) is 0.615. The van der Waals surface area contributed by atoms with E-state index in [1.54, 1.807) is 11.9 Å². The summed E-state index contributed by atoms with van der Waals surface area (Å²) >= 11 is 0. The van der Waals surface area contributed by atoms with Crippen LogP contribution in [0, 0.1) is 12.8 Å². The molecule has 1 unspecified atom stereocenters. The lowest BCUT2D eigenvalue weighted by Gasteiger charge is -2.28. The Morgan fingerprint density at radius 1 is 1.59 bits per heavy atom. The molecule has 4 nitrogen and oxygen atoms in total. The van der Waals surface area contributed by atoms with Crippen molar-refractivity contribution in [3.63, 3.8) is 0 Å². The molecule has 2 rings (SSSR count). The summed E-state index contributed by atoms with van der Waals surface area (Å²) in [6, 6.07) is 3.79. The number of aryl methyl sites for hydroxylation is 1. The van der Waals surface area contributed by atoms with Crippen molar-refractivity contribution in [3.05, 3.63) is 23.7 Å². The number of amides is 1. The first-order valence-electron chi connectivity index (χ1n) is 6.01. The van der Waals surface area contributed by atoms with Crippen molar-refractivity contribution in [2.75, 3.05) is 7.05 Å². The molecule has 0 aromatic carbocycles. The van der Waals surface area contributed by atoms with Gasteiger partial charge in [0.15, 0.2) is 0 Å². The first-order valence-corrected chi connectivity index (χ1v) is 6.01. The minimum Gasteiger partial charge on any atom is -0.464 e. The van der Waals surface area contributed by atoms with Crippen molar-refractivity contribution in [2.45, 2.75) is 38.8 Å². The van der Waals surface area contributed by atoms with Crippen LogP contribution in [0.25, 0.3) is 0 Å². The van der Waals surface area contributed by atoms with Gasteiger partial charge in [0.05, 0.1) is 12.1 Å². The standard InChI is InChI=1S/C13H20N2O2/c1-9-4-7-11(17-9)8-15(3)12(16)13(2,14)10-5-6-10/h4,7,10H,5-6,8,14H2,1-3H3. The van der Waals surface area contributed by atoms with Crippen LogP contribution in [-0.2, 0) is 11.3 Å². The molecule has 94 valence electrons. The fourth-order valence-electron chi connectivity index (χ4n) is 2.14. The number of rotatable bonds is 4. The maximum Gasteiger partial charge on any atom is 0.242 e. The lowest BCUT2D eigenvalue weighted by molar-refractivity contribution is -0.136. The Morgan fingerprint density at radius 2 is 2.24 bits per heavy atom. The van der Waals surface area contributed by atoms with E-state index in [0.717, 1.165) is 24.4 Å². The van der Waals surface area contributed by atoms with Crippen LogP contribution in [0.1, 0.15) is 31.3 Å². The summed E-state index contributed by atoms with van der Waals surface area (Å²) in [5.41, 5.74) is 5.38. The van der Waals surface area contributed by atoms with Gasteiger partial charge in [-0.3, -0.25) is 4.79 Å². The summed E-state index contributed by atoms with van der Waals surface area (Å²) in [5, 5.41) is 0. The van der Waals surface area contributed by atoms with Gasteiger partial charge in [0.2, 0.25) is 5.91 Å². The van der Waals surface area contributed by atoms with E-state index in [4.69, 9.17) is 10.2 Å². The van der Waals surface area contributed by atoms with Crippen LogP contribution in [0.3, 0.4) is 0 Å². The SMILES string of the molecule is Cc1ccc(CN(C)C(=O)C(C)(N)C2CC2)o1. The monoisotopic (exact) mass is 236 g/mol. The molecular formula is C13H20N2O2. The van der Waals surface area contributed by atoms with Gasteiger partial charge in [0.1, 0.15) is 11.5 Å². The summed E-state index contributed by atoms with van der Waals surface area (Å²) in [4.78, 5) is 13.9. The molecule has 0 aliphatic heterocycles. The van der Waals surface area contributed by atoms with Gasteiger partial charge in [-0.15, -0.1) is 0 Å². The maximum absolute atomic E-state index is 12.2. The van der Waals surface area contributed by atoms with Crippen LogP contribution in [0.5, 0.6) is 0 Å². The average Bonchev–Trinajstić information content (AvgIpc) is 3.03. The quantitative estimate of drug-likeness (QED) is 0.865. The molecule has 1 aliphatic rings. The Bertz CT molecular complexity index is 419. The van der Waals surface area contributed by atoms with Gasteiger partial charge in [-0.1, -0.05) is 0 Å². The highest BCUT2D eigenvalue weighted by atomic mass is 16.3. The molecule has 1 aliphatic carbocycles. The first-order chi connectivity index (χ1) is 7.91. The van der Waals surface area contributed by atoms with E-state index in [9.17, 15) is 4.79 Å². The predicted octanol–water partition coefficient (Wildman–Crippen LogP) is 1.67. The number of carbonyl (C=O) groups excluding carboxylic acids is 1. The number of hydrogen-bond donors (Lipinski definition) is 1. The molecule has 2 N–H and O–H groups in total. The summed E-state index contributed by atoms with van der Waals surface area (Å²) in [6.45, 7) is 4.20. The van der Waals surface area contributed by atoms with Gasteiger partial charge in [0.25, 0.3) is 0 Å². The third kappa shape index (κ3) is 2.52. The molecule has 0 spiro atoms. The molecular weight excluding hydrogens is 216 g/mol. The Hall–Kier alpha value is -1.29. The predicted molar refractivity (Wildman–Crippen MR) is 65.2 cm³/mol. The molecule has 1 heterocycles. The van der Waals surface area contributed by atoms with Crippen LogP contribution in [-0.4, -0.2) is 23.4 Å². The zero-order valence-electron chi connectivity index (χ0n) is 10.7. The van der Waals surface area contributed by atoms with E-state index in [1.807, 2.05) is 26.0 Å². The van der Waals surface area contributed by atoms with E-state index in [0.29, 0.717) is 12.5 Å². The molecule has 1 fully saturated rings. The van der Waals surface area contributed by atoms with Crippen molar-refractivity contribution in [2.24, 2.45) is 11.7 Å². The summed E-state index contributed by atoms with van der Waals surface area (Å²) in [7, 11) is 1.77. The number of likely N-dealkylation sites (N-methyl/N-ethyl adjacent to an activating group) is 1. The number of nitrogens with two attached hydrogens (primary N) is 1. The van der Waals surface area contributed by atoms with Gasteiger partial charge in [0, 0.05) is 7.05 Å². The number of hydrogen-bond acceptors (Lipinski definition) is 3. The Kier molecular flexibility index (Phi) is 3.00. The second kappa shape index (κ2) is 4.18. The average molecular weight is 236 g/mol. The van der Waals surface area contributed by atoms with E-state index in [-0.39, 0.29) is 5.91 Å². The van der Waals surface area contributed by atoms with Crippen molar-refractivity contribution < 1.29 is 9.21 Å². The minimum absolute atomic E-state index is 0.00551. The van der Waals surface area contributed by atoms with Gasteiger partial charge in [-0.05, 0) is 44.7 Å². The van der Waals surface area contributed by atoms with Gasteiger partial charge in [-0.2, -0.15) is 0 Å². The Morgan fingerprint density at radius 3 is 2.71 bits per heavy atom. The van der Waals surface area contributed by atoms with Crippen molar-refractivity contribution in [1.82, 2.24) is 4.90 Å². The number of carbonyl (C=O) groups is 1. The third-order valence-corrected chi connectivity index (χ3v) is 3.42. The topological polar surface area (TPSA) is 59.5 Å². The molecule has 1 aromatic rings. The first kappa shape index (κ1) is 12.2. The molecule has 0 radical (unpaired) electrons. The largest absolute Gasteiger partial charge is 0.464 e. The fourth-order valence-corrected chi connectivity index (χ4v) is 2.14.